The topological polar surface area (TPSA) is 37.3 Å². The molecule has 2 nitrogen and oxygen atoms in total. The molecule has 0 atom stereocenters. The van der Waals surface area contributed by atoms with E-state index in [9.17, 15) is 9.90 Å². The van der Waals surface area contributed by atoms with Gasteiger partial charge in [-0.25, -0.2) is 0 Å². The van der Waals surface area contributed by atoms with Crippen molar-refractivity contribution in [2.45, 2.75) is 31.6 Å². The van der Waals surface area contributed by atoms with Gasteiger partial charge in [-0.1, -0.05) is 31.0 Å². The summed E-state index contributed by atoms with van der Waals surface area (Å²) in [4.78, 5) is 11.3. The van der Waals surface area contributed by atoms with E-state index in [-0.39, 0.29) is 11.2 Å². The van der Waals surface area contributed by atoms with Crippen LogP contribution in [0, 0.1) is 0 Å². The number of hydrogen-bond acceptors (Lipinski definition) is 2. The normalized spacial score (nSPS) is 17.1. The first-order valence-electron chi connectivity index (χ1n) is 5.11. The molecule has 0 amide bonds. The number of aromatic hydroxyl groups is 1. The monoisotopic (exact) mass is 190 g/mol. The third-order valence-corrected chi connectivity index (χ3v) is 2.94. The summed E-state index contributed by atoms with van der Waals surface area (Å²) in [6, 6.07) is 6.79. The van der Waals surface area contributed by atoms with E-state index in [0.717, 1.165) is 18.4 Å². The number of hydrogen-bond donors (Lipinski definition) is 1. The van der Waals surface area contributed by atoms with Crippen LogP contribution in [0.3, 0.4) is 0 Å². The van der Waals surface area contributed by atoms with Crippen LogP contribution < -0.4 is 5.43 Å². The maximum Gasteiger partial charge on any atom is 0.220 e. The average Bonchev–Trinajstić information content (AvgIpc) is 2.64. The smallest absolute Gasteiger partial charge is 0.220 e. The fourth-order valence-electron chi connectivity index (χ4n) is 2.17. The van der Waals surface area contributed by atoms with Gasteiger partial charge < -0.3 is 5.11 Å². The summed E-state index contributed by atoms with van der Waals surface area (Å²) in [5.41, 5.74) is 0.564. The van der Waals surface area contributed by atoms with Crippen molar-refractivity contribution < 1.29 is 5.11 Å². The average molecular weight is 190 g/mol. The van der Waals surface area contributed by atoms with Gasteiger partial charge in [0.15, 0.2) is 5.75 Å². The second-order valence-electron chi connectivity index (χ2n) is 3.87. The molecule has 0 radical (unpaired) electrons. The Morgan fingerprint density at radius 2 is 1.79 bits per heavy atom. The molecule has 2 rings (SSSR count). The molecule has 1 N–H and O–H groups in total. The van der Waals surface area contributed by atoms with Gasteiger partial charge in [-0.2, -0.15) is 0 Å². The van der Waals surface area contributed by atoms with Gasteiger partial charge in [-0.3, -0.25) is 4.79 Å². The van der Waals surface area contributed by atoms with Crippen LogP contribution in [-0.4, -0.2) is 5.11 Å². The molecule has 1 aromatic rings. The lowest BCUT2D eigenvalue weighted by Gasteiger charge is -2.07. The first kappa shape index (κ1) is 9.25. The van der Waals surface area contributed by atoms with E-state index in [4.69, 9.17) is 0 Å². The zero-order chi connectivity index (χ0) is 9.97. The standard InChI is InChI=1S/C12H14O2/c13-11-8-4-3-7-10(12(11)14)9-5-1-2-6-9/h3-4,7-9H,1-2,5-6H2,(H,13,14). The van der Waals surface area contributed by atoms with E-state index >= 15 is 0 Å². The minimum absolute atomic E-state index is 0.0538. The molecule has 1 aliphatic rings. The molecule has 0 aromatic heterocycles. The summed E-state index contributed by atoms with van der Waals surface area (Å²) in [7, 11) is 0. The van der Waals surface area contributed by atoms with Crippen LogP contribution in [0.2, 0.25) is 0 Å². The van der Waals surface area contributed by atoms with Crippen LogP contribution in [0.1, 0.15) is 37.2 Å². The van der Waals surface area contributed by atoms with E-state index in [1.165, 1.54) is 18.9 Å². The molecule has 74 valence electrons. The van der Waals surface area contributed by atoms with E-state index < -0.39 is 0 Å². The molecule has 0 unspecified atom stereocenters. The van der Waals surface area contributed by atoms with Crippen molar-refractivity contribution in [1.82, 2.24) is 0 Å². The highest BCUT2D eigenvalue weighted by Gasteiger charge is 2.20. The lowest BCUT2D eigenvalue weighted by Crippen LogP contribution is -1.99. The third kappa shape index (κ3) is 1.65. The molecule has 2 heteroatoms. The molecular weight excluding hydrogens is 176 g/mol. The molecule has 0 aliphatic heterocycles. The van der Waals surface area contributed by atoms with Crippen molar-refractivity contribution in [3.63, 3.8) is 0 Å². The van der Waals surface area contributed by atoms with Gasteiger partial charge in [0.05, 0.1) is 0 Å². The molecule has 0 heterocycles. The minimum Gasteiger partial charge on any atom is -0.504 e. The fraction of sp³-hybridized carbons (Fsp3) is 0.417. The van der Waals surface area contributed by atoms with Crippen molar-refractivity contribution in [3.8, 4) is 5.75 Å². The highest BCUT2D eigenvalue weighted by atomic mass is 16.3. The second kappa shape index (κ2) is 3.82. The van der Waals surface area contributed by atoms with Crippen molar-refractivity contribution in [1.29, 1.82) is 0 Å². The van der Waals surface area contributed by atoms with Crippen molar-refractivity contribution >= 4 is 0 Å². The zero-order valence-corrected chi connectivity index (χ0v) is 8.07. The number of rotatable bonds is 1. The maximum atomic E-state index is 11.3. The SMILES string of the molecule is O=c1ccccc(C2CCCC2)c1O. The quantitative estimate of drug-likeness (QED) is 0.738. The summed E-state index contributed by atoms with van der Waals surface area (Å²) >= 11 is 0. The van der Waals surface area contributed by atoms with Crippen LogP contribution in [0.15, 0.2) is 29.1 Å². The van der Waals surface area contributed by atoms with Gasteiger partial charge in [-0.15, -0.1) is 0 Å². The van der Waals surface area contributed by atoms with Gasteiger partial charge in [0.25, 0.3) is 0 Å². The predicted octanol–water partition coefficient (Wildman–Crippen LogP) is 2.41. The summed E-state index contributed by atoms with van der Waals surface area (Å²) in [6.07, 6.45) is 4.60. The van der Waals surface area contributed by atoms with Gasteiger partial charge in [0.1, 0.15) is 0 Å². The van der Waals surface area contributed by atoms with Gasteiger partial charge in [-0.05, 0) is 24.8 Å². The van der Waals surface area contributed by atoms with E-state index in [1.807, 2.05) is 12.1 Å². The lowest BCUT2D eigenvalue weighted by molar-refractivity contribution is 0.457. The van der Waals surface area contributed by atoms with Crippen LogP contribution in [0.5, 0.6) is 5.75 Å². The third-order valence-electron chi connectivity index (χ3n) is 2.94. The Bertz CT molecular complexity index is 378. The molecule has 1 fully saturated rings. The molecule has 1 aliphatic carbocycles. The van der Waals surface area contributed by atoms with Crippen LogP contribution in [-0.2, 0) is 0 Å². The van der Waals surface area contributed by atoms with Crippen molar-refractivity contribution in [2.75, 3.05) is 0 Å². The molecule has 1 aromatic carbocycles. The second-order valence-corrected chi connectivity index (χ2v) is 3.87. The van der Waals surface area contributed by atoms with Crippen LogP contribution >= 0.6 is 0 Å². The summed E-state index contributed by atoms with van der Waals surface area (Å²) in [6.45, 7) is 0. The van der Waals surface area contributed by atoms with Crippen molar-refractivity contribution in [3.05, 3.63) is 40.1 Å². The van der Waals surface area contributed by atoms with E-state index in [1.54, 1.807) is 6.07 Å². The highest BCUT2D eigenvalue weighted by molar-refractivity contribution is 5.34. The molecular formula is C12H14O2. The van der Waals surface area contributed by atoms with E-state index in [2.05, 4.69) is 0 Å². The Morgan fingerprint density at radius 1 is 1.14 bits per heavy atom. The van der Waals surface area contributed by atoms with Gasteiger partial charge in [0.2, 0.25) is 5.43 Å². The fourth-order valence-corrected chi connectivity index (χ4v) is 2.17. The Kier molecular flexibility index (Phi) is 2.53. The maximum absolute atomic E-state index is 11.3. The Morgan fingerprint density at radius 3 is 2.50 bits per heavy atom. The molecule has 0 spiro atoms. The predicted molar refractivity (Wildman–Crippen MR) is 55.6 cm³/mol. The summed E-state index contributed by atoms with van der Waals surface area (Å²) < 4.78 is 0. The molecule has 14 heavy (non-hydrogen) atoms. The van der Waals surface area contributed by atoms with E-state index in [0.29, 0.717) is 5.92 Å². The summed E-state index contributed by atoms with van der Waals surface area (Å²) in [5.74, 6) is 0.331. The highest BCUT2D eigenvalue weighted by Crippen LogP contribution is 2.36. The lowest BCUT2D eigenvalue weighted by atomic mass is 9.98. The van der Waals surface area contributed by atoms with Crippen LogP contribution in [0.25, 0.3) is 0 Å². The zero-order valence-electron chi connectivity index (χ0n) is 8.07. The summed E-state index contributed by atoms with van der Waals surface area (Å²) in [5, 5.41) is 9.71. The Hall–Kier alpha value is -1.31. The molecule has 1 saturated carbocycles. The molecule has 0 saturated heterocycles. The largest absolute Gasteiger partial charge is 0.504 e. The first-order chi connectivity index (χ1) is 6.79. The Labute approximate surface area is 83.2 Å². The van der Waals surface area contributed by atoms with Gasteiger partial charge in [0, 0.05) is 5.56 Å². The van der Waals surface area contributed by atoms with Gasteiger partial charge >= 0.3 is 0 Å². The van der Waals surface area contributed by atoms with Crippen LogP contribution in [0.4, 0.5) is 0 Å². The molecule has 0 bridgehead atoms. The Balaban J connectivity index is 2.47. The first-order valence-corrected chi connectivity index (χ1v) is 5.11. The minimum atomic E-state index is -0.267. The van der Waals surface area contributed by atoms with Crippen molar-refractivity contribution in [2.24, 2.45) is 0 Å².